The van der Waals surface area contributed by atoms with Gasteiger partial charge in [0.15, 0.2) is 6.61 Å². The Labute approximate surface area is 206 Å². The van der Waals surface area contributed by atoms with Gasteiger partial charge in [-0.2, -0.15) is 4.31 Å². The van der Waals surface area contributed by atoms with Gasteiger partial charge in [-0.05, 0) is 85.5 Å². The maximum atomic E-state index is 13.5. The zero-order valence-corrected chi connectivity index (χ0v) is 21.2. The fourth-order valence-corrected chi connectivity index (χ4v) is 4.95. The molecule has 8 heteroatoms. The summed E-state index contributed by atoms with van der Waals surface area (Å²) >= 11 is 5.93. The molecule has 6 nitrogen and oxygen atoms in total. The maximum Gasteiger partial charge on any atom is 0.278 e. The predicted octanol–water partition coefficient (Wildman–Crippen LogP) is 5.97. The molecule has 0 aromatic heterocycles. The van der Waals surface area contributed by atoms with Crippen LogP contribution in [0, 0.1) is 6.92 Å². The summed E-state index contributed by atoms with van der Waals surface area (Å²) in [7, 11) is -4.23. The molecule has 3 aromatic carbocycles. The van der Waals surface area contributed by atoms with Gasteiger partial charge in [-0.25, -0.2) is 8.42 Å². The molecule has 3 rings (SSSR count). The molecule has 0 aliphatic rings. The van der Waals surface area contributed by atoms with E-state index >= 15 is 0 Å². The van der Waals surface area contributed by atoms with Crippen molar-refractivity contribution in [1.29, 1.82) is 0 Å². The molecular formula is C26H28ClNO5S. The second-order valence-corrected chi connectivity index (χ2v) is 10.3. The van der Waals surface area contributed by atoms with Crippen LogP contribution in [0.1, 0.15) is 37.8 Å². The van der Waals surface area contributed by atoms with Crippen LogP contribution in [0.3, 0.4) is 0 Å². The topological polar surface area (TPSA) is 72.9 Å². The Balaban J connectivity index is 1.97. The number of aryl methyl sites for hydroxylation is 1. The summed E-state index contributed by atoms with van der Waals surface area (Å²) in [5.74, 6) is 0.569. The van der Waals surface area contributed by atoms with Gasteiger partial charge in [-0.3, -0.25) is 4.79 Å². The average Bonchev–Trinajstić information content (AvgIpc) is 2.79. The van der Waals surface area contributed by atoms with Gasteiger partial charge in [0.2, 0.25) is 0 Å². The average molecular weight is 502 g/mol. The van der Waals surface area contributed by atoms with Crippen LogP contribution in [-0.4, -0.2) is 27.5 Å². The van der Waals surface area contributed by atoms with Gasteiger partial charge < -0.3 is 9.47 Å². The molecule has 0 aliphatic heterocycles. The van der Waals surface area contributed by atoms with Gasteiger partial charge in [0.25, 0.3) is 15.9 Å². The Bertz CT molecular complexity index is 1240. The summed E-state index contributed by atoms with van der Waals surface area (Å²) in [4.78, 5) is 13.3. The molecule has 0 saturated heterocycles. The highest BCUT2D eigenvalue weighted by atomic mass is 35.5. The normalized spacial score (nSPS) is 11.4. The highest BCUT2D eigenvalue weighted by Gasteiger charge is 2.31. The number of amides is 1. The molecule has 1 amide bonds. The van der Waals surface area contributed by atoms with Crippen molar-refractivity contribution in [2.24, 2.45) is 0 Å². The number of anilines is 1. The van der Waals surface area contributed by atoms with Crippen LogP contribution in [-0.2, 0) is 14.8 Å². The van der Waals surface area contributed by atoms with Gasteiger partial charge >= 0.3 is 0 Å². The Morgan fingerprint density at radius 2 is 1.62 bits per heavy atom. The molecule has 0 bridgehead atoms. The first-order valence-electron chi connectivity index (χ1n) is 10.9. The van der Waals surface area contributed by atoms with Crippen molar-refractivity contribution in [3.63, 3.8) is 0 Å². The predicted molar refractivity (Wildman–Crippen MR) is 134 cm³/mol. The van der Waals surface area contributed by atoms with Gasteiger partial charge in [-0.15, -0.1) is 0 Å². The van der Waals surface area contributed by atoms with E-state index in [1.807, 2.05) is 45.9 Å². The zero-order chi connectivity index (χ0) is 24.9. The largest absolute Gasteiger partial charge is 0.494 e. The summed E-state index contributed by atoms with van der Waals surface area (Å²) in [6, 6.07) is 17.7. The monoisotopic (exact) mass is 501 g/mol. The van der Waals surface area contributed by atoms with E-state index in [0.717, 1.165) is 15.4 Å². The molecule has 0 fully saturated rings. The quantitative estimate of drug-likeness (QED) is 0.361. The van der Waals surface area contributed by atoms with Crippen LogP contribution in [0.5, 0.6) is 11.5 Å². The number of hydrogen-bond donors (Lipinski definition) is 0. The van der Waals surface area contributed by atoms with Crippen molar-refractivity contribution in [1.82, 2.24) is 0 Å². The van der Waals surface area contributed by atoms with Gasteiger partial charge in [0.05, 0.1) is 17.2 Å². The van der Waals surface area contributed by atoms with Crippen LogP contribution < -0.4 is 13.8 Å². The van der Waals surface area contributed by atoms with E-state index in [0.29, 0.717) is 23.1 Å². The summed E-state index contributed by atoms with van der Waals surface area (Å²) in [5.41, 5.74) is 2.09. The Hall–Kier alpha value is -3.03. The van der Waals surface area contributed by atoms with Crippen LogP contribution in [0.25, 0.3) is 0 Å². The van der Waals surface area contributed by atoms with Crippen LogP contribution in [0.2, 0.25) is 5.02 Å². The van der Waals surface area contributed by atoms with Gasteiger partial charge in [0, 0.05) is 5.02 Å². The van der Waals surface area contributed by atoms with E-state index in [9.17, 15) is 13.2 Å². The van der Waals surface area contributed by atoms with Crippen LogP contribution in [0.15, 0.2) is 71.6 Å². The summed E-state index contributed by atoms with van der Waals surface area (Å²) < 4.78 is 39.1. The van der Waals surface area contributed by atoms with E-state index < -0.39 is 22.5 Å². The highest BCUT2D eigenvalue weighted by molar-refractivity contribution is 7.93. The fourth-order valence-electron chi connectivity index (χ4n) is 3.41. The third-order valence-corrected chi connectivity index (χ3v) is 7.12. The lowest BCUT2D eigenvalue weighted by molar-refractivity contribution is -0.119. The second-order valence-electron chi connectivity index (χ2n) is 8.03. The van der Waals surface area contributed by atoms with E-state index in [2.05, 4.69) is 0 Å². The third kappa shape index (κ3) is 5.90. The molecular weight excluding hydrogens is 474 g/mol. The number of sulfonamides is 1. The highest BCUT2D eigenvalue weighted by Crippen LogP contribution is 2.30. The number of benzene rings is 3. The Kier molecular flexibility index (Phi) is 8.23. The zero-order valence-electron chi connectivity index (χ0n) is 19.6. The number of halogens is 1. The molecule has 3 aromatic rings. The molecule has 0 atom stereocenters. The minimum atomic E-state index is -4.23. The molecule has 0 spiro atoms. The van der Waals surface area contributed by atoms with E-state index in [-0.39, 0.29) is 16.5 Å². The second kappa shape index (κ2) is 10.9. The third-order valence-electron chi connectivity index (χ3n) is 5.10. The maximum absolute atomic E-state index is 13.5. The number of carbonyl (C=O) groups excluding carboxylic acids is 1. The SMILES string of the molecule is CCOc1ccc(N(C(=O)COc2cc(C)ccc2C(C)C)S(=O)(=O)c2ccc(Cl)cc2)cc1. The number of hydrogen-bond acceptors (Lipinski definition) is 5. The number of rotatable bonds is 9. The Morgan fingerprint density at radius 3 is 2.21 bits per heavy atom. The van der Waals surface area contributed by atoms with Crippen molar-refractivity contribution in [3.05, 3.63) is 82.9 Å². The summed E-state index contributed by atoms with van der Waals surface area (Å²) in [5, 5.41) is 0.391. The summed E-state index contributed by atoms with van der Waals surface area (Å²) in [6.07, 6.45) is 0. The molecule has 0 radical (unpaired) electrons. The molecule has 0 heterocycles. The molecule has 0 saturated carbocycles. The first-order chi connectivity index (χ1) is 16.1. The molecule has 180 valence electrons. The minimum absolute atomic E-state index is 0.0578. The molecule has 0 unspecified atom stereocenters. The standard InChI is InChI=1S/C26H28ClNO5S/c1-5-32-22-11-9-21(10-12-22)28(34(30,31)23-13-7-20(27)8-14-23)26(29)17-33-25-16-19(4)6-15-24(25)18(2)3/h6-16,18H,5,17H2,1-4H3. The number of ether oxygens (including phenoxy) is 2. The first kappa shape index (κ1) is 25.6. The van der Waals surface area contributed by atoms with Crippen molar-refractivity contribution in [2.75, 3.05) is 17.5 Å². The van der Waals surface area contributed by atoms with Crippen LogP contribution >= 0.6 is 11.6 Å². The lowest BCUT2D eigenvalue weighted by atomic mass is 10.0. The number of nitrogens with zero attached hydrogens (tertiary/aromatic N) is 1. The Morgan fingerprint density at radius 1 is 0.971 bits per heavy atom. The lowest BCUT2D eigenvalue weighted by Crippen LogP contribution is -2.40. The number of carbonyl (C=O) groups is 1. The van der Waals surface area contributed by atoms with Crippen molar-refractivity contribution in [2.45, 2.75) is 38.5 Å². The van der Waals surface area contributed by atoms with E-state index in [4.69, 9.17) is 21.1 Å². The van der Waals surface area contributed by atoms with Crippen molar-refractivity contribution < 1.29 is 22.7 Å². The molecule has 0 N–H and O–H groups in total. The van der Waals surface area contributed by atoms with Crippen molar-refractivity contribution >= 4 is 33.2 Å². The molecule has 0 aliphatic carbocycles. The van der Waals surface area contributed by atoms with Crippen LogP contribution in [0.4, 0.5) is 5.69 Å². The smallest absolute Gasteiger partial charge is 0.278 e. The molecule has 34 heavy (non-hydrogen) atoms. The minimum Gasteiger partial charge on any atom is -0.494 e. The van der Waals surface area contributed by atoms with Gasteiger partial charge in [-0.1, -0.05) is 37.6 Å². The first-order valence-corrected chi connectivity index (χ1v) is 12.7. The van der Waals surface area contributed by atoms with E-state index in [1.165, 1.54) is 36.4 Å². The lowest BCUT2D eigenvalue weighted by Gasteiger charge is -2.23. The summed E-state index contributed by atoms with van der Waals surface area (Å²) in [6.45, 7) is 7.84. The van der Waals surface area contributed by atoms with Crippen molar-refractivity contribution in [3.8, 4) is 11.5 Å². The van der Waals surface area contributed by atoms with Gasteiger partial charge in [0.1, 0.15) is 11.5 Å². The van der Waals surface area contributed by atoms with E-state index in [1.54, 1.807) is 12.1 Å². The fraction of sp³-hybridized carbons (Fsp3) is 0.269.